The van der Waals surface area contributed by atoms with E-state index in [4.69, 9.17) is 11.6 Å². The zero-order valence-corrected chi connectivity index (χ0v) is 10.0. The normalized spacial score (nSPS) is 11.4. The predicted molar refractivity (Wildman–Crippen MR) is 60.3 cm³/mol. The minimum Gasteiger partial charge on any atom is -0.325 e. The summed E-state index contributed by atoms with van der Waals surface area (Å²) < 4.78 is 37.5. The standard InChI is InChI=1S/C11H11ClF3NO/c1-6-3-8(11(13,14)15)4-7(2)10(6)16-9(17)5-12/h3-4H,5H2,1-2H3,(H,16,17). The SMILES string of the molecule is Cc1cc(C(F)(F)F)cc(C)c1NC(=O)CCl. The summed E-state index contributed by atoms with van der Waals surface area (Å²) in [7, 11) is 0. The molecule has 0 saturated heterocycles. The number of carbonyl (C=O) groups is 1. The average Bonchev–Trinajstić information content (AvgIpc) is 2.21. The molecule has 0 aromatic heterocycles. The Morgan fingerprint density at radius 3 is 2.12 bits per heavy atom. The van der Waals surface area contributed by atoms with Crippen molar-refractivity contribution in [2.24, 2.45) is 0 Å². The van der Waals surface area contributed by atoms with Gasteiger partial charge in [0, 0.05) is 5.69 Å². The van der Waals surface area contributed by atoms with Gasteiger partial charge in [-0.15, -0.1) is 11.6 Å². The third-order valence-electron chi connectivity index (χ3n) is 2.25. The minimum atomic E-state index is -4.38. The van der Waals surface area contributed by atoms with E-state index in [-0.39, 0.29) is 5.88 Å². The Morgan fingerprint density at radius 1 is 1.29 bits per heavy atom. The Bertz CT molecular complexity index is 420. The number of hydrogen-bond acceptors (Lipinski definition) is 1. The number of alkyl halides is 4. The number of anilines is 1. The Balaban J connectivity index is 3.15. The van der Waals surface area contributed by atoms with Crippen molar-refractivity contribution in [2.45, 2.75) is 20.0 Å². The largest absolute Gasteiger partial charge is 0.416 e. The molecule has 0 saturated carbocycles. The molecule has 94 valence electrons. The number of nitrogens with one attached hydrogen (secondary N) is 1. The van der Waals surface area contributed by atoms with Gasteiger partial charge in [0.2, 0.25) is 5.91 Å². The molecule has 2 nitrogen and oxygen atoms in total. The predicted octanol–water partition coefficient (Wildman–Crippen LogP) is 3.50. The molecule has 1 rings (SSSR count). The van der Waals surface area contributed by atoms with Gasteiger partial charge in [-0.2, -0.15) is 13.2 Å². The molecule has 0 unspecified atom stereocenters. The van der Waals surface area contributed by atoms with Crippen LogP contribution in [-0.4, -0.2) is 11.8 Å². The van der Waals surface area contributed by atoms with Crippen LogP contribution in [0.2, 0.25) is 0 Å². The lowest BCUT2D eigenvalue weighted by Crippen LogP contribution is -2.15. The van der Waals surface area contributed by atoms with Crippen molar-refractivity contribution >= 4 is 23.2 Å². The summed E-state index contributed by atoms with van der Waals surface area (Å²) in [5.41, 5.74) is 0.367. The zero-order chi connectivity index (χ0) is 13.2. The van der Waals surface area contributed by atoms with Crippen LogP contribution in [0.15, 0.2) is 12.1 Å². The monoisotopic (exact) mass is 265 g/mol. The number of amides is 1. The van der Waals surface area contributed by atoms with Crippen molar-refractivity contribution < 1.29 is 18.0 Å². The van der Waals surface area contributed by atoms with Gasteiger partial charge in [0.15, 0.2) is 0 Å². The molecule has 0 atom stereocenters. The molecule has 6 heteroatoms. The van der Waals surface area contributed by atoms with Gasteiger partial charge in [-0.1, -0.05) is 0 Å². The van der Waals surface area contributed by atoms with E-state index < -0.39 is 17.6 Å². The summed E-state index contributed by atoms with van der Waals surface area (Å²) in [5, 5.41) is 2.47. The first-order valence-electron chi connectivity index (χ1n) is 4.80. The average molecular weight is 266 g/mol. The van der Waals surface area contributed by atoms with Gasteiger partial charge >= 0.3 is 6.18 Å². The van der Waals surface area contributed by atoms with Crippen molar-refractivity contribution in [2.75, 3.05) is 11.2 Å². The molecule has 0 heterocycles. The maximum atomic E-state index is 12.5. The maximum absolute atomic E-state index is 12.5. The van der Waals surface area contributed by atoms with Gasteiger partial charge in [-0.25, -0.2) is 0 Å². The van der Waals surface area contributed by atoms with Gasteiger partial charge in [-0.3, -0.25) is 4.79 Å². The summed E-state index contributed by atoms with van der Waals surface area (Å²) in [4.78, 5) is 11.1. The molecule has 0 bridgehead atoms. The topological polar surface area (TPSA) is 29.1 Å². The Morgan fingerprint density at radius 2 is 1.76 bits per heavy atom. The summed E-state index contributed by atoms with van der Waals surface area (Å²) in [5.74, 6) is -0.683. The van der Waals surface area contributed by atoms with E-state index in [2.05, 4.69) is 5.32 Å². The number of carbonyl (C=O) groups excluding carboxylic acids is 1. The molecular formula is C11H11ClF3NO. The number of rotatable bonds is 2. The van der Waals surface area contributed by atoms with E-state index in [1.807, 2.05) is 0 Å². The van der Waals surface area contributed by atoms with Gasteiger partial charge in [0.25, 0.3) is 0 Å². The van der Waals surface area contributed by atoms with Crippen molar-refractivity contribution in [3.63, 3.8) is 0 Å². The highest BCUT2D eigenvalue weighted by Crippen LogP contribution is 2.33. The second-order valence-corrected chi connectivity index (χ2v) is 3.93. The second-order valence-electron chi connectivity index (χ2n) is 3.66. The van der Waals surface area contributed by atoms with Crippen LogP contribution in [0.4, 0.5) is 18.9 Å². The van der Waals surface area contributed by atoms with E-state index in [1.54, 1.807) is 0 Å². The fourth-order valence-corrected chi connectivity index (χ4v) is 1.56. The third kappa shape index (κ3) is 3.36. The molecule has 0 fully saturated rings. The van der Waals surface area contributed by atoms with Gasteiger partial charge < -0.3 is 5.32 Å². The van der Waals surface area contributed by atoms with E-state index in [0.717, 1.165) is 12.1 Å². The Kier molecular flexibility index (Phi) is 4.03. The van der Waals surface area contributed by atoms with Crippen LogP contribution in [0.3, 0.4) is 0 Å². The lowest BCUT2D eigenvalue weighted by atomic mass is 10.0. The molecule has 0 spiro atoms. The minimum absolute atomic E-state index is 0.236. The molecule has 1 amide bonds. The van der Waals surface area contributed by atoms with Gasteiger partial charge in [0.05, 0.1) is 5.56 Å². The number of aryl methyl sites for hydroxylation is 2. The maximum Gasteiger partial charge on any atom is 0.416 e. The lowest BCUT2D eigenvalue weighted by Gasteiger charge is -2.14. The fourth-order valence-electron chi connectivity index (χ4n) is 1.50. The highest BCUT2D eigenvalue weighted by Gasteiger charge is 2.31. The van der Waals surface area contributed by atoms with Crippen LogP contribution in [-0.2, 0) is 11.0 Å². The van der Waals surface area contributed by atoms with Crippen molar-refractivity contribution in [1.82, 2.24) is 0 Å². The molecular weight excluding hydrogens is 255 g/mol. The van der Waals surface area contributed by atoms with Crippen molar-refractivity contribution in [1.29, 1.82) is 0 Å². The number of benzene rings is 1. The molecule has 1 aromatic rings. The van der Waals surface area contributed by atoms with Gasteiger partial charge in [-0.05, 0) is 37.1 Å². The molecule has 1 N–H and O–H groups in total. The molecule has 0 aliphatic rings. The zero-order valence-electron chi connectivity index (χ0n) is 9.28. The van der Waals surface area contributed by atoms with E-state index in [9.17, 15) is 18.0 Å². The smallest absolute Gasteiger partial charge is 0.325 e. The number of halogens is 4. The number of hydrogen-bond donors (Lipinski definition) is 1. The van der Waals surface area contributed by atoms with E-state index in [1.165, 1.54) is 13.8 Å². The van der Waals surface area contributed by atoms with Crippen LogP contribution in [0, 0.1) is 13.8 Å². The first kappa shape index (κ1) is 13.8. The van der Waals surface area contributed by atoms with Crippen molar-refractivity contribution in [3.05, 3.63) is 28.8 Å². The summed E-state index contributed by atoms with van der Waals surface area (Å²) >= 11 is 5.32. The Labute approximate surface area is 102 Å². The van der Waals surface area contributed by atoms with E-state index >= 15 is 0 Å². The lowest BCUT2D eigenvalue weighted by molar-refractivity contribution is -0.137. The van der Waals surface area contributed by atoms with Gasteiger partial charge in [0.1, 0.15) is 5.88 Å². The molecule has 0 aliphatic heterocycles. The van der Waals surface area contributed by atoms with Crippen LogP contribution in [0.5, 0.6) is 0 Å². The molecule has 0 radical (unpaired) electrons. The quantitative estimate of drug-likeness (QED) is 0.815. The van der Waals surface area contributed by atoms with Crippen LogP contribution in [0.25, 0.3) is 0 Å². The van der Waals surface area contributed by atoms with Crippen molar-refractivity contribution in [3.8, 4) is 0 Å². The first-order chi connectivity index (χ1) is 7.75. The summed E-state index contributed by atoms with van der Waals surface area (Å²) in [6.07, 6.45) is -4.38. The summed E-state index contributed by atoms with van der Waals surface area (Å²) in [6, 6.07) is 1.99. The highest BCUT2D eigenvalue weighted by atomic mass is 35.5. The third-order valence-corrected chi connectivity index (χ3v) is 2.49. The molecule has 1 aromatic carbocycles. The highest BCUT2D eigenvalue weighted by molar-refractivity contribution is 6.29. The first-order valence-corrected chi connectivity index (χ1v) is 5.33. The van der Waals surface area contributed by atoms with E-state index in [0.29, 0.717) is 16.8 Å². The summed E-state index contributed by atoms with van der Waals surface area (Å²) in [6.45, 7) is 3.01. The Hall–Kier alpha value is -1.23. The second kappa shape index (κ2) is 4.96. The van der Waals surface area contributed by atoms with Crippen LogP contribution < -0.4 is 5.32 Å². The molecule has 0 aliphatic carbocycles. The molecule has 17 heavy (non-hydrogen) atoms. The van der Waals surface area contributed by atoms with Crippen LogP contribution >= 0.6 is 11.6 Å². The fraction of sp³-hybridized carbons (Fsp3) is 0.364. The van der Waals surface area contributed by atoms with Crippen LogP contribution in [0.1, 0.15) is 16.7 Å².